The van der Waals surface area contributed by atoms with E-state index in [-0.39, 0.29) is 30.7 Å². The number of aromatic nitrogens is 5. The zero-order chi connectivity index (χ0) is 27.2. The normalized spacial score (nSPS) is 12.3. The van der Waals surface area contributed by atoms with Gasteiger partial charge in [0.2, 0.25) is 0 Å². The Labute approximate surface area is 221 Å². The first-order chi connectivity index (χ1) is 18.3. The van der Waals surface area contributed by atoms with Crippen LogP contribution in [-0.2, 0) is 29.2 Å². The lowest BCUT2D eigenvalue weighted by Gasteiger charge is -2.33. The Hall–Kier alpha value is -4.05. The van der Waals surface area contributed by atoms with E-state index in [1.54, 1.807) is 14.0 Å². The predicted molar refractivity (Wildman–Crippen MR) is 144 cm³/mol. The van der Waals surface area contributed by atoms with Crippen molar-refractivity contribution in [2.75, 3.05) is 13.7 Å². The summed E-state index contributed by atoms with van der Waals surface area (Å²) >= 11 is 0. The molecule has 200 valence electrons. The van der Waals surface area contributed by atoms with Gasteiger partial charge in [-0.15, -0.1) is 5.10 Å². The zero-order valence-electron chi connectivity index (χ0n) is 22.5. The van der Waals surface area contributed by atoms with E-state index in [4.69, 9.17) is 9.47 Å². The van der Waals surface area contributed by atoms with Crippen LogP contribution in [0.2, 0.25) is 0 Å². The fraction of sp³-hybridized carbons (Fsp3) is 0.393. The van der Waals surface area contributed by atoms with Crippen LogP contribution in [-0.4, -0.2) is 49.8 Å². The molecule has 2 heterocycles. The molecular weight excluding hydrogens is 484 g/mol. The second-order valence-electron chi connectivity index (χ2n) is 9.60. The van der Waals surface area contributed by atoms with Crippen molar-refractivity contribution in [2.45, 2.75) is 53.4 Å². The molecule has 1 atom stereocenters. The number of esters is 1. The Kier molecular flexibility index (Phi) is 8.52. The summed E-state index contributed by atoms with van der Waals surface area (Å²) < 4.78 is 11.9. The maximum absolute atomic E-state index is 13.2. The molecule has 0 bridgehead atoms. The fourth-order valence-corrected chi connectivity index (χ4v) is 4.73. The first-order valence-corrected chi connectivity index (χ1v) is 12.7. The van der Waals surface area contributed by atoms with Gasteiger partial charge in [0.1, 0.15) is 12.3 Å². The molecule has 2 aromatic heterocycles. The van der Waals surface area contributed by atoms with Crippen LogP contribution in [0.4, 0.5) is 0 Å². The number of benzene rings is 2. The van der Waals surface area contributed by atoms with Crippen LogP contribution < -0.4 is 10.3 Å². The molecule has 1 N–H and O–H groups in total. The third kappa shape index (κ3) is 6.08. The number of fused-ring (bicyclic) bond motifs is 1. The molecule has 0 saturated heterocycles. The molecule has 2 aromatic carbocycles. The number of hydrogen-bond acceptors (Lipinski definition) is 8. The summed E-state index contributed by atoms with van der Waals surface area (Å²) in [6.07, 6.45) is 0. The van der Waals surface area contributed by atoms with Crippen molar-refractivity contribution < 1.29 is 14.3 Å². The van der Waals surface area contributed by atoms with Gasteiger partial charge in [-0.3, -0.25) is 14.5 Å². The number of nitrogens with one attached hydrogen (secondary N) is 1. The molecule has 0 unspecified atom stereocenters. The largest absolute Gasteiger partial charge is 0.497 e. The molecule has 10 nitrogen and oxygen atoms in total. The summed E-state index contributed by atoms with van der Waals surface area (Å²) in [5.41, 5.74) is 3.38. The van der Waals surface area contributed by atoms with Gasteiger partial charge >= 0.3 is 5.97 Å². The van der Waals surface area contributed by atoms with Gasteiger partial charge < -0.3 is 14.5 Å². The van der Waals surface area contributed by atoms with Gasteiger partial charge in [-0.2, -0.15) is 0 Å². The molecule has 0 aliphatic heterocycles. The molecule has 10 heteroatoms. The van der Waals surface area contributed by atoms with E-state index in [1.165, 1.54) is 4.68 Å². The lowest BCUT2D eigenvalue weighted by molar-refractivity contribution is -0.144. The second-order valence-corrected chi connectivity index (χ2v) is 9.60. The summed E-state index contributed by atoms with van der Waals surface area (Å²) in [4.78, 5) is 30.7. The highest BCUT2D eigenvalue weighted by Gasteiger charge is 2.30. The quantitative estimate of drug-likeness (QED) is 0.298. The molecule has 0 amide bonds. The molecule has 0 fully saturated rings. The lowest BCUT2D eigenvalue weighted by Crippen LogP contribution is -2.35. The average Bonchev–Trinajstić information content (AvgIpc) is 3.32. The first kappa shape index (κ1) is 27.0. The van der Waals surface area contributed by atoms with E-state index in [9.17, 15) is 9.59 Å². The van der Waals surface area contributed by atoms with Crippen molar-refractivity contribution in [1.29, 1.82) is 0 Å². The number of rotatable bonds is 11. The van der Waals surface area contributed by atoms with Crippen molar-refractivity contribution >= 4 is 16.9 Å². The fourth-order valence-electron chi connectivity index (χ4n) is 4.73. The Balaban J connectivity index is 1.76. The van der Waals surface area contributed by atoms with Crippen molar-refractivity contribution in [1.82, 2.24) is 30.1 Å². The highest BCUT2D eigenvalue weighted by molar-refractivity contribution is 5.81. The number of ether oxygens (including phenoxy) is 2. The first-order valence-electron chi connectivity index (χ1n) is 12.7. The molecule has 4 rings (SSSR count). The Morgan fingerprint density at radius 2 is 1.89 bits per heavy atom. The van der Waals surface area contributed by atoms with Gasteiger partial charge in [-0.1, -0.05) is 44.2 Å². The van der Waals surface area contributed by atoms with Crippen molar-refractivity contribution in [3.05, 3.63) is 81.4 Å². The van der Waals surface area contributed by atoms with E-state index < -0.39 is 5.97 Å². The predicted octanol–water partition coefficient (Wildman–Crippen LogP) is 3.79. The number of hydrogen-bond donors (Lipinski definition) is 1. The molecule has 4 aromatic rings. The highest BCUT2D eigenvalue weighted by Crippen LogP contribution is 2.30. The number of H-pyrrole nitrogens is 1. The van der Waals surface area contributed by atoms with Crippen molar-refractivity contribution in [2.24, 2.45) is 5.92 Å². The SMILES string of the molecule is CCOC(=O)Cn1nnnc1[C@@H](C(C)C)N(Cc1ccc(OC)cc1)Cc1cc2cccc(C)c2[nH]c1=O. The van der Waals surface area contributed by atoms with Crippen LogP contribution in [0.25, 0.3) is 10.9 Å². The molecule has 0 saturated carbocycles. The maximum Gasteiger partial charge on any atom is 0.327 e. The van der Waals surface area contributed by atoms with Crippen LogP contribution in [0.15, 0.2) is 53.3 Å². The van der Waals surface area contributed by atoms with Crippen molar-refractivity contribution in [3.63, 3.8) is 0 Å². The number of pyridine rings is 1. The summed E-state index contributed by atoms with van der Waals surface area (Å²) in [5, 5.41) is 13.2. The highest BCUT2D eigenvalue weighted by atomic mass is 16.5. The molecular formula is C28H34N6O4. The van der Waals surface area contributed by atoms with E-state index >= 15 is 0 Å². The van der Waals surface area contributed by atoms with E-state index in [2.05, 4.69) is 39.3 Å². The minimum absolute atomic E-state index is 0.0574. The monoisotopic (exact) mass is 518 g/mol. The Bertz CT molecular complexity index is 1440. The van der Waals surface area contributed by atoms with Crippen LogP contribution >= 0.6 is 0 Å². The number of methoxy groups -OCH3 is 1. The van der Waals surface area contributed by atoms with Crippen LogP contribution in [0.3, 0.4) is 0 Å². The van der Waals surface area contributed by atoms with Crippen LogP contribution in [0, 0.1) is 12.8 Å². The molecule has 0 aliphatic carbocycles. The van der Waals surface area contributed by atoms with E-state index in [1.807, 2.05) is 55.5 Å². The number of carbonyl (C=O) groups is 1. The number of para-hydroxylation sites is 1. The minimum Gasteiger partial charge on any atom is -0.497 e. The Morgan fingerprint density at radius 1 is 1.13 bits per heavy atom. The lowest BCUT2D eigenvalue weighted by atomic mass is 9.99. The standard InChI is InChI=1S/C28H34N6O4/c1-6-38-24(35)17-34-27(30-31-32-34)26(18(2)3)33(15-20-10-12-23(37-5)13-11-20)16-22-14-21-9-7-8-19(4)25(21)29-28(22)36/h7-14,18,26H,6,15-17H2,1-5H3,(H,29,36)/t26-/m1/s1. The summed E-state index contributed by atoms with van der Waals surface area (Å²) in [7, 11) is 1.63. The van der Waals surface area contributed by atoms with Crippen LogP contribution in [0.5, 0.6) is 5.75 Å². The molecule has 0 spiro atoms. The molecule has 0 aliphatic rings. The third-order valence-electron chi connectivity index (χ3n) is 6.52. The van der Waals surface area contributed by atoms with Gasteiger partial charge in [-0.05, 0) is 64.9 Å². The summed E-state index contributed by atoms with van der Waals surface area (Å²) in [6, 6.07) is 15.4. The number of tetrazole rings is 1. The minimum atomic E-state index is -0.411. The third-order valence-corrected chi connectivity index (χ3v) is 6.52. The smallest absolute Gasteiger partial charge is 0.327 e. The number of carbonyl (C=O) groups excluding carboxylic acids is 1. The number of aromatic amines is 1. The van der Waals surface area contributed by atoms with Crippen molar-refractivity contribution in [3.8, 4) is 5.75 Å². The van der Waals surface area contributed by atoms with Gasteiger partial charge in [-0.25, -0.2) is 4.68 Å². The zero-order valence-corrected chi connectivity index (χ0v) is 22.5. The topological polar surface area (TPSA) is 115 Å². The van der Waals surface area contributed by atoms with E-state index in [0.717, 1.165) is 27.8 Å². The second kappa shape index (κ2) is 12.0. The van der Waals surface area contributed by atoms with Gasteiger partial charge in [0.25, 0.3) is 5.56 Å². The molecule has 0 radical (unpaired) electrons. The van der Waals surface area contributed by atoms with Gasteiger partial charge in [0, 0.05) is 18.7 Å². The Morgan fingerprint density at radius 3 is 2.58 bits per heavy atom. The summed E-state index contributed by atoms with van der Waals surface area (Å²) in [5.74, 6) is 0.948. The van der Waals surface area contributed by atoms with Crippen LogP contribution in [0.1, 0.15) is 49.3 Å². The maximum atomic E-state index is 13.2. The number of nitrogens with zero attached hydrogens (tertiary/aromatic N) is 5. The number of aryl methyl sites for hydroxylation is 1. The van der Waals surface area contributed by atoms with E-state index in [0.29, 0.717) is 24.5 Å². The summed E-state index contributed by atoms with van der Waals surface area (Å²) in [6.45, 7) is 8.93. The molecule has 38 heavy (non-hydrogen) atoms. The van der Waals surface area contributed by atoms with Gasteiger partial charge in [0.05, 0.1) is 25.3 Å². The van der Waals surface area contributed by atoms with Gasteiger partial charge in [0.15, 0.2) is 5.82 Å². The average molecular weight is 519 g/mol.